The van der Waals surface area contributed by atoms with Crippen molar-refractivity contribution in [1.29, 1.82) is 0 Å². The summed E-state index contributed by atoms with van der Waals surface area (Å²) < 4.78 is 5.53. The number of nitrogens with zero attached hydrogens (tertiary/aromatic N) is 3. The van der Waals surface area contributed by atoms with Crippen LogP contribution in [0.3, 0.4) is 0 Å². The predicted octanol–water partition coefficient (Wildman–Crippen LogP) is 2.55. The lowest BCUT2D eigenvalue weighted by molar-refractivity contribution is 0.222. The average molecular weight is 267 g/mol. The van der Waals surface area contributed by atoms with Crippen LogP contribution >= 0.6 is 0 Å². The third kappa shape index (κ3) is 6.22. The molecule has 0 aromatic carbocycles. The molecular weight excluding hydrogens is 242 g/mol. The molecule has 1 aromatic heterocycles. The van der Waals surface area contributed by atoms with Gasteiger partial charge in [-0.25, -0.2) is 0 Å². The van der Waals surface area contributed by atoms with E-state index in [4.69, 9.17) is 4.74 Å². The number of anilines is 2. The average Bonchev–Trinajstić information content (AvgIpc) is 2.27. The zero-order valence-corrected chi connectivity index (χ0v) is 12.5. The van der Waals surface area contributed by atoms with Gasteiger partial charge in [-0.3, -0.25) is 0 Å². The van der Waals surface area contributed by atoms with Crippen LogP contribution in [0.5, 0.6) is 6.01 Å². The quantitative estimate of drug-likeness (QED) is 0.754. The number of nitrogens with one attached hydrogen (secondary N) is 2. The highest BCUT2D eigenvalue weighted by atomic mass is 16.5. The first-order valence-electron chi connectivity index (χ1n) is 6.91. The van der Waals surface area contributed by atoms with E-state index in [1.54, 1.807) is 0 Å². The lowest BCUT2D eigenvalue weighted by Crippen LogP contribution is -2.14. The fourth-order valence-corrected chi connectivity index (χ4v) is 1.41. The number of hydrogen-bond acceptors (Lipinski definition) is 6. The van der Waals surface area contributed by atoms with Crippen LogP contribution in [0.1, 0.15) is 41.0 Å². The minimum Gasteiger partial charge on any atom is -0.461 e. The molecule has 0 bridgehead atoms. The van der Waals surface area contributed by atoms with Gasteiger partial charge in [-0.2, -0.15) is 15.0 Å². The van der Waals surface area contributed by atoms with Crippen LogP contribution in [0.15, 0.2) is 0 Å². The lowest BCUT2D eigenvalue weighted by Gasteiger charge is -2.12. The van der Waals surface area contributed by atoms with Crippen molar-refractivity contribution in [1.82, 2.24) is 15.0 Å². The summed E-state index contributed by atoms with van der Waals surface area (Å²) in [5.41, 5.74) is 0. The first kappa shape index (κ1) is 15.5. The molecule has 1 aromatic rings. The van der Waals surface area contributed by atoms with E-state index in [0.717, 1.165) is 19.5 Å². The number of ether oxygens (including phenoxy) is 1. The smallest absolute Gasteiger partial charge is 0.323 e. The Bertz CT molecular complexity index is 381. The van der Waals surface area contributed by atoms with Crippen LogP contribution in [-0.2, 0) is 0 Å². The Morgan fingerprint density at radius 2 is 1.63 bits per heavy atom. The monoisotopic (exact) mass is 267 g/mol. The molecule has 0 aliphatic carbocycles. The molecule has 0 saturated heterocycles. The second-order valence-corrected chi connectivity index (χ2v) is 5.07. The van der Waals surface area contributed by atoms with Gasteiger partial charge in [0.25, 0.3) is 0 Å². The molecule has 0 aliphatic rings. The lowest BCUT2D eigenvalue weighted by atomic mass is 10.1. The van der Waals surface area contributed by atoms with Gasteiger partial charge in [0.05, 0.1) is 6.10 Å². The Labute approximate surface area is 115 Å². The van der Waals surface area contributed by atoms with Crippen LogP contribution in [0.25, 0.3) is 0 Å². The highest BCUT2D eigenvalue weighted by molar-refractivity contribution is 5.35. The summed E-state index contributed by atoms with van der Waals surface area (Å²) in [6, 6.07) is 0.355. The Balaban J connectivity index is 2.74. The zero-order valence-electron chi connectivity index (χ0n) is 12.5. The summed E-state index contributed by atoms with van der Waals surface area (Å²) in [5.74, 6) is 1.75. The molecule has 0 amide bonds. The first-order chi connectivity index (χ1) is 9.01. The van der Waals surface area contributed by atoms with E-state index in [0.29, 0.717) is 23.8 Å². The molecule has 1 heterocycles. The summed E-state index contributed by atoms with van der Waals surface area (Å²) in [5, 5.41) is 6.28. The second kappa shape index (κ2) is 7.76. The van der Waals surface area contributed by atoms with Gasteiger partial charge in [0.15, 0.2) is 0 Å². The summed E-state index contributed by atoms with van der Waals surface area (Å²) in [6.07, 6.45) is 1.11. The SMILES string of the molecule is CCNc1nc(NCCC(C)C)nc(OC(C)C)n1. The van der Waals surface area contributed by atoms with E-state index in [2.05, 4.69) is 39.4 Å². The van der Waals surface area contributed by atoms with Crippen LogP contribution < -0.4 is 15.4 Å². The molecule has 0 atom stereocenters. The van der Waals surface area contributed by atoms with Gasteiger partial charge in [-0.15, -0.1) is 0 Å². The largest absolute Gasteiger partial charge is 0.461 e. The Morgan fingerprint density at radius 3 is 2.16 bits per heavy atom. The molecule has 0 aliphatic heterocycles. The summed E-state index contributed by atoms with van der Waals surface area (Å²) in [7, 11) is 0. The molecule has 0 unspecified atom stereocenters. The molecule has 0 spiro atoms. The van der Waals surface area contributed by atoms with Crippen LogP contribution in [-0.4, -0.2) is 34.1 Å². The van der Waals surface area contributed by atoms with Gasteiger partial charge < -0.3 is 15.4 Å². The molecule has 6 nitrogen and oxygen atoms in total. The minimum atomic E-state index is 0.0420. The second-order valence-electron chi connectivity index (χ2n) is 5.07. The number of aromatic nitrogens is 3. The van der Waals surface area contributed by atoms with Crippen molar-refractivity contribution < 1.29 is 4.74 Å². The fourth-order valence-electron chi connectivity index (χ4n) is 1.41. The number of rotatable bonds is 8. The van der Waals surface area contributed by atoms with Crippen LogP contribution in [0.2, 0.25) is 0 Å². The normalized spacial score (nSPS) is 10.9. The van der Waals surface area contributed by atoms with Gasteiger partial charge in [0, 0.05) is 13.1 Å². The molecule has 0 saturated carbocycles. The highest BCUT2D eigenvalue weighted by Gasteiger charge is 2.08. The predicted molar refractivity (Wildman–Crippen MR) is 77.7 cm³/mol. The minimum absolute atomic E-state index is 0.0420. The molecule has 108 valence electrons. The molecule has 1 rings (SSSR count). The fraction of sp³-hybridized carbons (Fsp3) is 0.769. The van der Waals surface area contributed by atoms with Gasteiger partial charge in [0.1, 0.15) is 0 Å². The molecule has 0 fully saturated rings. The third-order valence-corrected chi connectivity index (χ3v) is 2.30. The van der Waals surface area contributed by atoms with Crippen LogP contribution in [0, 0.1) is 5.92 Å². The van der Waals surface area contributed by atoms with Crippen LogP contribution in [0.4, 0.5) is 11.9 Å². The summed E-state index contributed by atoms with van der Waals surface area (Å²) in [4.78, 5) is 12.8. The van der Waals surface area contributed by atoms with E-state index < -0.39 is 0 Å². The zero-order chi connectivity index (χ0) is 14.3. The molecule has 2 N–H and O–H groups in total. The third-order valence-electron chi connectivity index (χ3n) is 2.30. The molecule has 0 radical (unpaired) electrons. The Hall–Kier alpha value is -1.59. The maximum Gasteiger partial charge on any atom is 0.323 e. The molecule has 19 heavy (non-hydrogen) atoms. The maximum atomic E-state index is 5.53. The van der Waals surface area contributed by atoms with E-state index in [1.807, 2.05) is 20.8 Å². The van der Waals surface area contributed by atoms with Gasteiger partial charge in [-0.05, 0) is 33.1 Å². The topological polar surface area (TPSA) is 72.0 Å². The molecule has 6 heteroatoms. The van der Waals surface area contributed by atoms with Crippen molar-refractivity contribution in [3.8, 4) is 6.01 Å². The van der Waals surface area contributed by atoms with Crippen molar-refractivity contribution >= 4 is 11.9 Å². The van der Waals surface area contributed by atoms with Crippen molar-refractivity contribution in [3.63, 3.8) is 0 Å². The standard InChI is InChI=1S/C13H25N5O/c1-6-14-11-16-12(15-8-7-9(2)3)18-13(17-11)19-10(4)5/h9-10H,6-8H2,1-5H3,(H2,14,15,16,17,18). The summed E-state index contributed by atoms with van der Waals surface area (Å²) in [6.45, 7) is 11.9. The van der Waals surface area contributed by atoms with Crippen molar-refractivity contribution in [2.75, 3.05) is 23.7 Å². The van der Waals surface area contributed by atoms with Gasteiger partial charge in [0.2, 0.25) is 11.9 Å². The molecular formula is C13H25N5O. The summed E-state index contributed by atoms with van der Waals surface area (Å²) >= 11 is 0. The Morgan fingerprint density at radius 1 is 1.00 bits per heavy atom. The van der Waals surface area contributed by atoms with E-state index in [1.165, 1.54) is 0 Å². The van der Waals surface area contributed by atoms with Gasteiger partial charge in [-0.1, -0.05) is 13.8 Å². The number of hydrogen-bond donors (Lipinski definition) is 2. The van der Waals surface area contributed by atoms with Gasteiger partial charge >= 0.3 is 6.01 Å². The first-order valence-corrected chi connectivity index (χ1v) is 6.91. The van der Waals surface area contributed by atoms with Crippen molar-refractivity contribution in [2.24, 2.45) is 5.92 Å². The highest BCUT2D eigenvalue weighted by Crippen LogP contribution is 2.12. The Kier molecular flexibility index (Phi) is 6.32. The van der Waals surface area contributed by atoms with E-state index in [-0.39, 0.29) is 6.10 Å². The van der Waals surface area contributed by atoms with E-state index >= 15 is 0 Å². The van der Waals surface area contributed by atoms with Crippen molar-refractivity contribution in [2.45, 2.75) is 47.1 Å². The van der Waals surface area contributed by atoms with Crippen molar-refractivity contribution in [3.05, 3.63) is 0 Å². The maximum absolute atomic E-state index is 5.53. The van der Waals surface area contributed by atoms with E-state index in [9.17, 15) is 0 Å².